The summed E-state index contributed by atoms with van der Waals surface area (Å²) >= 11 is 0. The Hall–Kier alpha value is -1.62. The van der Waals surface area contributed by atoms with Crippen molar-refractivity contribution < 1.29 is 4.92 Å². The van der Waals surface area contributed by atoms with Gasteiger partial charge in [0.05, 0.1) is 4.92 Å². The van der Waals surface area contributed by atoms with Crippen LogP contribution in [-0.2, 0) is 0 Å². The lowest BCUT2D eigenvalue weighted by Crippen LogP contribution is -2.28. The van der Waals surface area contributed by atoms with Crippen molar-refractivity contribution in [3.8, 4) is 0 Å². The Morgan fingerprint density at radius 1 is 1.42 bits per heavy atom. The number of benzene rings is 1. The zero-order chi connectivity index (χ0) is 14.4. The molecule has 0 fully saturated rings. The van der Waals surface area contributed by atoms with Crippen LogP contribution in [0, 0.1) is 17.0 Å². The summed E-state index contributed by atoms with van der Waals surface area (Å²) in [5.74, 6) is 0. The molecular formula is C14H23N3O2. The Morgan fingerprint density at radius 3 is 2.68 bits per heavy atom. The predicted molar refractivity (Wildman–Crippen MR) is 78.7 cm³/mol. The fraction of sp³-hybridized carbons (Fsp3) is 0.571. The van der Waals surface area contributed by atoms with Gasteiger partial charge < -0.3 is 10.2 Å². The molecule has 0 saturated carbocycles. The number of nitro benzene ring substituents is 1. The molecule has 0 aliphatic heterocycles. The fourth-order valence-corrected chi connectivity index (χ4v) is 1.72. The smallest absolute Gasteiger partial charge is 0.271 e. The van der Waals surface area contributed by atoms with Gasteiger partial charge in [-0.2, -0.15) is 0 Å². The second kappa shape index (κ2) is 7.09. The second-order valence-electron chi connectivity index (χ2n) is 5.11. The van der Waals surface area contributed by atoms with E-state index in [-0.39, 0.29) is 10.6 Å². The lowest BCUT2D eigenvalue weighted by molar-refractivity contribution is -0.384. The van der Waals surface area contributed by atoms with Gasteiger partial charge in [0.25, 0.3) is 5.69 Å². The van der Waals surface area contributed by atoms with Crippen LogP contribution in [-0.4, -0.2) is 36.0 Å². The van der Waals surface area contributed by atoms with Gasteiger partial charge in [-0.3, -0.25) is 10.1 Å². The lowest BCUT2D eigenvalue weighted by atomic mass is 10.2. The van der Waals surface area contributed by atoms with Gasteiger partial charge in [0.2, 0.25) is 0 Å². The minimum atomic E-state index is -0.364. The van der Waals surface area contributed by atoms with E-state index in [1.54, 1.807) is 12.1 Å². The van der Waals surface area contributed by atoms with E-state index >= 15 is 0 Å². The summed E-state index contributed by atoms with van der Waals surface area (Å²) < 4.78 is 0. The number of nitro groups is 1. The number of anilines is 1. The van der Waals surface area contributed by atoms with Gasteiger partial charge in [-0.25, -0.2) is 0 Å². The van der Waals surface area contributed by atoms with E-state index in [2.05, 4.69) is 31.1 Å². The van der Waals surface area contributed by atoms with Gasteiger partial charge in [0.15, 0.2) is 0 Å². The summed E-state index contributed by atoms with van der Waals surface area (Å²) in [7, 11) is 2.10. The van der Waals surface area contributed by atoms with Gasteiger partial charge in [-0.05, 0) is 46.3 Å². The second-order valence-corrected chi connectivity index (χ2v) is 5.11. The predicted octanol–water partition coefficient (Wildman–Crippen LogP) is 3.05. The van der Waals surface area contributed by atoms with Crippen LogP contribution >= 0.6 is 0 Å². The summed E-state index contributed by atoms with van der Waals surface area (Å²) in [6.07, 6.45) is 1.01. The molecule has 0 aromatic heterocycles. The Labute approximate surface area is 114 Å². The summed E-state index contributed by atoms with van der Waals surface area (Å²) in [5, 5.41) is 14.0. The largest absolute Gasteiger partial charge is 0.385 e. The quantitative estimate of drug-likeness (QED) is 0.467. The number of nitrogens with one attached hydrogen (secondary N) is 1. The topological polar surface area (TPSA) is 58.4 Å². The van der Waals surface area contributed by atoms with Crippen LogP contribution in [0.3, 0.4) is 0 Å². The number of rotatable bonds is 7. The molecule has 0 unspecified atom stereocenters. The van der Waals surface area contributed by atoms with Crippen molar-refractivity contribution in [1.82, 2.24) is 4.90 Å². The molecule has 0 atom stereocenters. The highest BCUT2D eigenvalue weighted by Gasteiger charge is 2.08. The van der Waals surface area contributed by atoms with Crippen LogP contribution in [0.25, 0.3) is 0 Å². The summed E-state index contributed by atoms with van der Waals surface area (Å²) in [6.45, 7) is 8.11. The Morgan fingerprint density at radius 2 is 2.11 bits per heavy atom. The Bertz CT molecular complexity index is 433. The molecule has 1 N–H and O–H groups in total. The Balaban J connectivity index is 2.49. The molecule has 0 radical (unpaired) electrons. The average molecular weight is 265 g/mol. The van der Waals surface area contributed by atoms with E-state index in [9.17, 15) is 10.1 Å². The van der Waals surface area contributed by atoms with Gasteiger partial charge in [0.1, 0.15) is 0 Å². The third-order valence-corrected chi connectivity index (χ3v) is 3.32. The van der Waals surface area contributed by atoms with Crippen molar-refractivity contribution in [3.63, 3.8) is 0 Å². The minimum absolute atomic E-state index is 0.132. The maximum atomic E-state index is 10.7. The van der Waals surface area contributed by atoms with Crippen LogP contribution in [0.1, 0.15) is 25.8 Å². The van der Waals surface area contributed by atoms with Crippen LogP contribution in [0.5, 0.6) is 0 Å². The lowest BCUT2D eigenvalue weighted by Gasteiger charge is -2.21. The first kappa shape index (κ1) is 15.4. The number of hydrogen-bond acceptors (Lipinski definition) is 4. The fourth-order valence-electron chi connectivity index (χ4n) is 1.72. The van der Waals surface area contributed by atoms with E-state index in [0.717, 1.165) is 30.8 Å². The third-order valence-electron chi connectivity index (χ3n) is 3.32. The normalized spacial score (nSPS) is 11.1. The zero-order valence-electron chi connectivity index (χ0n) is 12.1. The molecule has 0 aliphatic rings. The summed E-state index contributed by atoms with van der Waals surface area (Å²) in [4.78, 5) is 12.6. The molecule has 0 heterocycles. The van der Waals surface area contributed by atoms with Crippen molar-refractivity contribution in [1.29, 1.82) is 0 Å². The molecule has 106 valence electrons. The first-order valence-electron chi connectivity index (χ1n) is 6.61. The molecule has 0 aliphatic carbocycles. The van der Waals surface area contributed by atoms with Crippen molar-refractivity contribution in [2.45, 2.75) is 33.2 Å². The molecule has 0 amide bonds. The standard InChI is InChI=1S/C14H23N3O2/c1-11(2)16(4)9-5-8-15-14-10-13(17(18)19)7-6-12(14)3/h6-7,10-11,15H,5,8-9H2,1-4H3. The summed E-state index contributed by atoms with van der Waals surface area (Å²) in [5.41, 5.74) is 2.01. The van der Waals surface area contributed by atoms with E-state index in [1.807, 2.05) is 6.92 Å². The minimum Gasteiger partial charge on any atom is -0.385 e. The van der Waals surface area contributed by atoms with Crippen LogP contribution in [0.15, 0.2) is 18.2 Å². The maximum absolute atomic E-state index is 10.7. The highest BCUT2D eigenvalue weighted by Crippen LogP contribution is 2.21. The number of hydrogen-bond donors (Lipinski definition) is 1. The first-order chi connectivity index (χ1) is 8.91. The average Bonchev–Trinajstić information content (AvgIpc) is 2.35. The van der Waals surface area contributed by atoms with Crippen molar-refractivity contribution in [2.24, 2.45) is 0 Å². The molecule has 19 heavy (non-hydrogen) atoms. The highest BCUT2D eigenvalue weighted by atomic mass is 16.6. The highest BCUT2D eigenvalue weighted by molar-refractivity contribution is 5.56. The molecule has 1 aromatic carbocycles. The number of non-ortho nitro benzene ring substituents is 1. The molecule has 5 nitrogen and oxygen atoms in total. The van der Waals surface area contributed by atoms with Crippen molar-refractivity contribution in [2.75, 3.05) is 25.5 Å². The first-order valence-corrected chi connectivity index (χ1v) is 6.61. The monoisotopic (exact) mass is 265 g/mol. The molecular weight excluding hydrogens is 242 g/mol. The van der Waals surface area contributed by atoms with Gasteiger partial charge >= 0.3 is 0 Å². The van der Waals surface area contributed by atoms with E-state index in [4.69, 9.17) is 0 Å². The van der Waals surface area contributed by atoms with Crippen LogP contribution in [0.4, 0.5) is 11.4 Å². The van der Waals surface area contributed by atoms with E-state index < -0.39 is 0 Å². The molecule has 5 heteroatoms. The van der Waals surface area contributed by atoms with E-state index in [1.165, 1.54) is 6.07 Å². The molecule has 0 bridgehead atoms. The molecule has 0 spiro atoms. The SMILES string of the molecule is Cc1ccc([N+](=O)[O-])cc1NCCCN(C)C(C)C. The third kappa shape index (κ3) is 4.87. The van der Waals surface area contributed by atoms with Crippen LogP contribution < -0.4 is 5.32 Å². The zero-order valence-corrected chi connectivity index (χ0v) is 12.1. The van der Waals surface area contributed by atoms with Crippen LogP contribution in [0.2, 0.25) is 0 Å². The summed E-state index contributed by atoms with van der Waals surface area (Å²) in [6, 6.07) is 5.45. The van der Waals surface area contributed by atoms with Gasteiger partial charge in [0, 0.05) is 30.4 Å². The van der Waals surface area contributed by atoms with Gasteiger partial charge in [-0.1, -0.05) is 6.07 Å². The molecule has 1 rings (SSSR count). The van der Waals surface area contributed by atoms with Gasteiger partial charge in [-0.15, -0.1) is 0 Å². The van der Waals surface area contributed by atoms with Crippen molar-refractivity contribution in [3.05, 3.63) is 33.9 Å². The molecule has 0 saturated heterocycles. The maximum Gasteiger partial charge on any atom is 0.271 e. The van der Waals surface area contributed by atoms with E-state index in [0.29, 0.717) is 6.04 Å². The number of nitrogens with zero attached hydrogens (tertiary/aromatic N) is 2. The number of aryl methyl sites for hydroxylation is 1. The van der Waals surface area contributed by atoms with Crippen molar-refractivity contribution >= 4 is 11.4 Å². The molecule has 1 aromatic rings. The Kier molecular flexibility index (Phi) is 5.76.